The van der Waals surface area contributed by atoms with E-state index in [9.17, 15) is 4.79 Å². The molecule has 28 heavy (non-hydrogen) atoms. The van der Waals surface area contributed by atoms with Crippen LogP contribution >= 0.6 is 0 Å². The number of likely N-dealkylation sites (tertiary alicyclic amines) is 1. The molecule has 5 nitrogen and oxygen atoms in total. The van der Waals surface area contributed by atoms with Crippen molar-refractivity contribution < 1.29 is 9.32 Å². The molecule has 0 saturated carbocycles. The molecule has 1 amide bonds. The molecule has 0 spiro atoms. The second kappa shape index (κ2) is 7.58. The predicted molar refractivity (Wildman–Crippen MR) is 108 cm³/mol. The summed E-state index contributed by atoms with van der Waals surface area (Å²) in [6.45, 7) is 7.46. The highest BCUT2D eigenvalue weighted by atomic mass is 16.5. The van der Waals surface area contributed by atoms with E-state index in [0.717, 1.165) is 28.7 Å². The molecule has 1 unspecified atom stereocenters. The Morgan fingerprint density at radius 3 is 2.61 bits per heavy atom. The lowest BCUT2D eigenvalue weighted by Gasteiger charge is -2.16. The molecule has 1 aliphatic heterocycles. The van der Waals surface area contributed by atoms with Gasteiger partial charge in [0.15, 0.2) is 0 Å². The first-order chi connectivity index (χ1) is 13.5. The fourth-order valence-electron chi connectivity index (χ4n) is 3.68. The number of carbonyl (C=O) groups is 1. The summed E-state index contributed by atoms with van der Waals surface area (Å²) in [6, 6.07) is 14.7. The summed E-state index contributed by atoms with van der Waals surface area (Å²) in [5.41, 5.74) is 5.69. The Bertz CT molecular complexity index is 991. The first-order valence-electron chi connectivity index (χ1n) is 9.80. The number of hydrogen-bond donors (Lipinski definition) is 0. The summed E-state index contributed by atoms with van der Waals surface area (Å²) in [7, 11) is 0. The van der Waals surface area contributed by atoms with E-state index in [1.165, 1.54) is 5.56 Å². The predicted octanol–water partition coefficient (Wildman–Crippen LogP) is 4.43. The number of benzene rings is 2. The van der Waals surface area contributed by atoms with E-state index < -0.39 is 0 Å². The molecular weight excluding hydrogens is 350 g/mol. The Hall–Kier alpha value is -2.95. The Balaban J connectivity index is 1.48. The summed E-state index contributed by atoms with van der Waals surface area (Å²) < 4.78 is 5.54. The standard InChI is InChI=1S/C23H25N3O2/c1-4-17-7-9-18(10-8-17)13-26-14-19(12-21(26)27)23-24-22(25-28-23)20-11-15(2)5-6-16(20)3/h5-11,19H,4,12-14H2,1-3H3. The summed E-state index contributed by atoms with van der Waals surface area (Å²) in [5.74, 6) is 1.23. The molecule has 144 valence electrons. The lowest BCUT2D eigenvalue weighted by molar-refractivity contribution is -0.128. The maximum absolute atomic E-state index is 12.5. The second-order valence-electron chi connectivity index (χ2n) is 7.62. The molecule has 1 fully saturated rings. The topological polar surface area (TPSA) is 59.2 Å². The Labute approximate surface area is 165 Å². The minimum absolute atomic E-state index is 0.0474. The molecule has 0 radical (unpaired) electrons. The maximum atomic E-state index is 12.5. The van der Waals surface area contributed by atoms with Gasteiger partial charge in [-0.05, 0) is 43.0 Å². The SMILES string of the molecule is CCc1ccc(CN2CC(c3nc(-c4cc(C)ccc4C)no3)CC2=O)cc1. The van der Waals surface area contributed by atoms with Gasteiger partial charge in [0.25, 0.3) is 0 Å². The summed E-state index contributed by atoms with van der Waals surface area (Å²) in [5, 5.41) is 4.17. The molecular formula is C23H25N3O2. The summed E-state index contributed by atoms with van der Waals surface area (Å²) in [6.07, 6.45) is 1.44. The Morgan fingerprint density at radius 1 is 1.11 bits per heavy atom. The average molecular weight is 375 g/mol. The number of rotatable bonds is 5. The smallest absolute Gasteiger partial charge is 0.232 e. The zero-order valence-electron chi connectivity index (χ0n) is 16.6. The molecule has 5 heteroatoms. The van der Waals surface area contributed by atoms with Crippen LogP contribution in [0.1, 0.15) is 47.4 Å². The van der Waals surface area contributed by atoms with Crippen molar-refractivity contribution in [3.05, 3.63) is 70.6 Å². The first-order valence-corrected chi connectivity index (χ1v) is 9.80. The van der Waals surface area contributed by atoms with Crippen LogP contribution in [0.3, 0.4) is 0 Å². The minimum Gasteiger partial charge on any atom is -0.339 e. The van der Waals surface area contributed by atoms with Crippen LogP contribution in [0.25, 0.3) is 11.4 Å². The van der Waals surface area contributed by atoms with Gasteiger partial charge in [-0.3, -0.25) is 4.79 Å². The van der Waals surface area contributed by atoms with Crippen LogP contribution < -0.4 is 0 Å². The monoisotopic (exact) mass is 375 g/mol. The van der Waals surface area contributed by atoms with Crippen LogP contribution in [0.2, 0.25) is 0 Å². The van der Waals surface area contributed by atoms with Gasteiger partial charge < -0.3 is 9.42 Å². The van der Waals surface area contributed by atoms with Gasteiger partial charge in [0.1, 0.15) is 0 Å². The zero-order valence-corrected chi connectivity index (χ0v) is 16.6. The van der Waals surface area contributed by atoms with E-state index in [1.807, 2.05) is 18.7 Å². The van der Waals surface area contributed by atoms with Crippen molar-refractivity contribution in [2.45, 2.75) is 46.1 Å². The molecule has 1 aromatic heterocycles. The molecule has 0 aliphatic carbocycles. The van der Waals surface area contributed by atoms with Crippen molar-refractivity contribution in [1.29, 1.82) is 0 Å². The van der Waals surface area contributed by atoms with Crippen molar-refractivity contribution in [3.63, 3.8) is 0 Å². The van der Waals surface area contributed by atoms with E-state index in [0.29, 0.717) is 31.2 Å². The van der Waals surface area contributed by atoms with Gasteiger partial charge in [0.05, 0.1) is 5.92 Å². The summed E-state index contributed by atoms with van der Waals surface area (Å²) >= 11 is 0. The van der Waals surface area contributed by atoms with E-state index in [-0.39, 0.29) is 11.8 Å². The Kier molecular flexibility index (Phi) is 4.99. The lowest BCUT2D eigenvalue weighted by atomic mass is 10.1. The van der Waals surface area contributed by atoms with Crippen molar-refractivity contribution >= 4 is 5.91 Å². The van der Waals surface area contributed by atoms with Crippen molar-refractivity contribution in [1.82, 2.24) is 15.0 Å². The number of amides is 1. The average Bonchev–Trinajstić information content (AvgIpc) is 3.32. The van der Waals surface area contributed by atoms with Crippen molar-refractivity contribution in [2.75, 3.05) is 6.54 Å². The van der Waals surface area contributed by atoms with Gasteiger partial charge in [-0.25, -0.2) is 0 Å². The lowest BCUT2D eigenvalue weighted by Crippen LogP contribution is -2.24. The summed E-state index contributed by atoms with van der Waals surface area (Å²) in [4.78, 5) is 19.0. The highest BCUT2D eigenvalue weighted by molar-refractivity contribution is 5.79. The van der Waals surface area contributed by atoms with Crippen LogP contribution in [-0.2, 0) is 17.8 Å². The number of aryl methyl sites for hydroxylation is 3. The first kappa shape index (κ1) is 18.4. The largest absolute Gasteiger partial charge is 0.339 e. The van der Waals surface area contributed by atoms with Gasteiger partial charge >= 0.3 is 0 Å². The molecule has 3 aromatic rings. The van der Waals surface area contributed by atoms with E-state index in [1.54, 1.807) is 0 Å². The molecule has 0 N–H and O–H groups in total. The van der Waals surface area contributed by atoms with Crippen LogP contribution in [0.5, 0.6) is 0 Å². The quantitative estimate of drug-likeness (QED) is 0.662. The minimum atomic E-state index is -0.0474. The fourth-order valence-corrected chi connectivity index (χ4v) is 3.68. The number of nitrogens with zero attached hydrogens (tertiary/aromatic N) is 3. The van der Waals surface area contributed by atoms with Crippen LogP contribution in [0.15, 0.2) is 47.0 Å². The fraction of sp³-hybridized carbons (Fsp3) is 0.348. The maximum Gasteiger partial charge on any atom is 0.232 e. The van der Waals surface area contributed by atoms with Crippen molar-refractivity contribution in [2.24, 2.45) is 0 Å². The third-order valence-electron chi connectivity index (χ3n) is 5.44. The van der Waals surface area contributed by atoms with Gasteiger partial charge in [-0.2, -0.15) is 4.98 Å². The number of hydrogen-bond acceptors (Lipinski definition) is 4. The van der Waals surface area contributed by atoms with E-state index in [2.05, 4.69) is 59.5 Å². The molecule has 4 rings (SSSR count). The molecule has 1 aliphatic rings. The normalized spacial score (nSPS) is 16.8. The Morgan fingerprint density at radius 2 is 1.86 bits per heavy atom. The van der Waals surface area contributed by atoms with Gasteiger partial charge in [-0.1, -0.05) is 54.0 Å². The number of carbonyl (C=O) groups excluding carboxylic acids is 1. The zero-order chi connectivity index (χ0) is 19.7. The van der Waals surface area contributed by atoms with E-state index >= 15 is 0 Å². The highest BCUT2D eigenvalue weighted by Crippen LogP contribution is 2.30. The van der Waals surface area contributed by atoms with Gasteiger partial charge in [-0.15, -0.1) is 0 Å². The van der Waals surface area contributed by atoms with Gasteiger partial charge in [0.2, 0.25) is 17.6 Å². The van der Waals surface area contributed by atoms with Crippen LogP contribution in [0, 0.1) is 13.8 Å². The van der Waals surface area contributed by atoms with Crippen LogP contribution in [-0.4, -0.2) is 27.5 Å². The van der Waals surface area contributed by atoms with Gasteiger partial charge in [0, 0.05) is 25.1 Å². The van der Waals surface area contributed by atoms with Crippen molar-refractivity contribution in [3.8, 4) is 11.4 Å². The number of aromatic nitrogens is 2. The molecule has 1 atom stereocenters. The molecule has 0 bridgehead atoms. The molecule has 2 heterocycles. The second-order valence-corrected chi connectivity index (χ2v) is 7.62. The third kappa shape index (κ3) is 3.70. The van der Waals surface area contributed by atoms with E-state index in [4.69, 9.17) is 4.52 Å². The highest BCUT2D eigenvalue weighted by Gasteiger charge is 2.34. The van der Waals surface area contributed by atoms with Crippen LogP contribution in [0.4, 0.5) is 0 Å². The third-order valence-corrected chi connectivity index (χ3v) is 5.44. The molecule has 1 saturated heterocycles. The molecule has 2 aromatic carbocycles.